The van der Waals surface area contributed by atoms with Crippen LogP contribution < -0.4 is 43.4 Å². The van der Waals surface area contributed by atoms with Crippen LogP contribution in [0.4, 0.5) is 4.79 Å². The Hall–Kier alpha value is -6.23. The molecule has 0 unspecified atom stereocenters. The number of carbonyl (C=O) groups is 9. The molecule has 10 amide bonds. The molecule has 1 aliphatic rings. The van der Waals surface area contributed by atoms with Crippen molar-refractivity contribution in [2.75, 3.05) is 97.7 Å². The Morgan fingerprint density at radius 1 is 0.688 bits per heavy atom. The maximum atomic E-state index is 13.3. The summed E-state index contributed by atoms with van der Waals surface area (Å²) >= 11 is 0. The molecule has 1 aliphatic heterocycles. The predicted octanol–water partition coefficient (Wildman–Crippen LogP) is 1.73. The molecule has 2 aromatic rings. The number of allylic oxidation sites excluding steroid dienone is 2. The van der Waals surface area contributed by atoms with E-state index in [1.165, 1.54) is 39.3 Å². The Kier molecular flexibility index (Phi) is 33.4. The van der Waals surface area contributed by atoms with Crippen molar-refractivity contribution >= 4 is 74.9 Å². The number of carbonyl (C=O) groups excluding carboxylic acids is 9. The molecule has 0 saturated carbocycles. The van der Waals surface area contributed by atoms with Crippen molar-refractivity contribution < 1.29 is 71.7 Å². The summed E-state index contributed by atoms with van der Waals surface area (Å²) in [6.07, 6.45) is 7.29. The van der Waals surface area contributed by atoms with Crippen molar-refractivity contribution in [2.45, 2.75) is 77.6 Å². The lowest BCUT2D eigenvalue weighted by Gasteiger charge is -2.22. The van der Waals surface area contributed by atoms with E-state index >= 15 is 0 Å². The van der Waals surface area contributed by atoms with Crippen molar-refractivity contribution in [3.63, 3.8) is 0 Å². The Bertz CT molecular complexity index is 2330. The van der Waals surface area contributed by atoms with Gasteiger partial charge in [0.25, 0.3) is 11.8 Å². The summed E-state index contributed by atoms with van der Waals surface area (Å²) in [5, 5.41) is 15.9. The number of hydrogen-bond acceptors (Lipinski definition) is 18. The molecule has 0 bridgehead atoms. The Balaban J connectivity index is 1.22. The number of nitrogens with one attached hydrogen (secondary N) is 6. The topological polar surface area (TPSA) is 336 Å². The summed E-state index contributed by atoms with van der Waals surface area (Å²) in [6.45, 7) is 7.45. The monoisotopic (exact) mass is 1160 g/mol. The first-order chi connectivity index (χ1) is 38.4. The molecule has 0 aliphatic carbocycles. The maximum Gasteiger partial charge on any atom is 0.321 e. The number of ether oxygens (including phenoxy) is 5. The predicted molar refractivity (Wildman–Crippen MR) is 301 cm³/mol. The van der Waals surface area contributed by atoms with E-state index in [-0.39, 0.29) is 107 Å². The molecule has 0 saturated heterocycles. The highest BCUT2D eigenvalue weighted by Gasteiger charge is 2.37. The van der Waals surface area contributed by atoms with Crippen LogP contribution in [0, 0.1) is 11.8 Å². The van der Waals surface area contributed by atoms with Crippen LogP contribution in [0.15, 0.2) is 78.4 Å². The summed E-state index contributed by atoms with van der Waals surface area (Å²) in [5.74, 6) is -4.40. The number of primary amides is 1. The van der Waals surface area contributed by atoms with E-state index in [0.717, 1.165) is 17.7 Å². The third-order valence-electron chi connectivity index (χ3n) is 11.9. The fraction of sp³-hybridized carbons (Fsp3) is 0.537. The summed E-state index contributed by atoms with van der Waals surface area (Å²) in [6, 6.07) is 12.9. The second-order valence-corrected chi connectivity index (χ2v) is 21.0. The van der Waals surface area contributed by atoms with Gasteiger partial charge in [-0.3, -0.25) is 48.5 Å². The average molecular weight is 1160 g/mol. The van der Waals surface area contributed by atoms with Crippen molar-refractivity contribution in [1.82, 2.24) is 37.0 Å². The first-order valence-corrected chi connectivity index (χ1v) is 28.8. The smallest absolute Gasteiger partial charge is 0.321 e. The molecular weight excluding hydrogens is 1080 g/mol. The first kappa shape index (κ1) is 68.0. The lowest BCUT2D eigenvalue weighted by atomic mass is 9.95. The molecule has 1 heterocycles. The number of hydroxylamine groups is 2. The zero-order valence-electron chi connectivity index (χ0n) is 46.2. The largest absolute Gasteiger partial charge is 0.381 e. The van der Waals surface area contributed by atoms with E-state index < -0.39 is 84.6 Å². The molecule has 0 spiro atoms. The first-order valence-electron chi connectivity index (χ1n) is 26.3. The van der Waals surface area contributed by atoms with Gasteiger partial charge in [0.05, 0.1) is 62.8 Å². The van der Waals surface area contributed by atoms with Gasteiger partial charge in [-0.15, -0.1) is 5.06 Å². The number of fused-ring (bicyclic) bond motifs is 1. The van der Waals surface area contributed by atoms with Crippen molar-refractivity contribution in [1.29, 1.82) is 0 Å². The zero-order chi connectivity index (χ0) is 58.7. The molecule has 26 heteroatoms. The number of unbranched alkanes of at least 4 members (excludes halogenated alkanes) is 1. The number of nitrogens with two attached hydrogens (primary N) is 2. The van der Waals surface area contributed by atoms with Crippen molar-refractivity contribution in [3.05, 3.63) is 95.1 Å². The lowest BCUT2D eigenvalue weighted by molar-refractivity contribution is -0.139. The van der Waals surface area contributed by atoms with Gasteiger partial charge in [0.1, 0.15) is 25.3 Å². The molecule has 0 fully saturated rings. The normalized spacial score (nSPS) is 14.6. The Morgan fingerprint density at radius 2 is 1.27 bits per heavy atom. The van der Waals surface area contributed by atoms with Crippen LogP contribution in [0.1, 0.15) is 73.2 Å². The fourth-order valence-corrected chi connectivity index (χ4v) is 9.28. The van der Waals surface area contributed by atoms with E-state index in [2.05, 4.69) is 57.0 Å². The third-order valence-corrected chi connectivity index (χ3v) is 14.4. The molecule has 6 atom stereocenters. The van der Waals surface area contributed by atoms with Gasteiger partial charge in [-0.05, 0) is 50.3 Å². The molecule has 0 radical (unpaired) electrons. The van der Waals surface area contributed by atoms with Crippen molar-refractivity contribution in [3.8, 4) is 0 Å². The minimum Gasteiger partial charge on any atom is -0.381 e. The molecule has 0 aromatic heterocycles. The highest BCUT2D eigenvalue weighted by molar-refractivity contribution is 8.76. The van der Waals surface area contributed by atoms with Crippen LogP contribution in [-0.4, -0.2) is 180 Å². The van der Waals surface area contributed by atoms with E-state index in [9.17, 15) is 43.2 Å². The SMILES string of the molecule is CCSSC[C@H](NC(=O)[C@H](CCCCNC(=O)CON1C(=O)c2ccccc2C1=O)NC(=O)COCCOCCNC(=O)COCCOCCNC(=O)NC(=O)[C@@H](C)[C@@H](N)/C=C/C(C)=C/[C@H](C)[C@H](Cc1ccccc1)OC)C(N)=O. The highest BCUT2D eigenvalue weighted by Crippen LogP contribution is 2.23. The molecule has 80 heavy (non-hydrogen) atoms. The number of hydrogen-bond donors (Lipinski definition) is 8. The highest BCUT2D eigenvalue weighted by atomic mass is 33.1. The Labute approximate surface area is 475 Å². The van der Waals surface area contributed by atoms with E-state index in [1.54, 1.807) is 32.2 Å². The van der Waals surface area contributed by atoms with Gasteiger partial charge in [-0.2, -0.15) is 0 Å². The van der Waals surface area contributed by atoms with E-state index in [1.807, 2.05) is 38.1 Å². The standard InChI is InChI=1S/C54H79N9O15S2/c1-6-79-80-35-44(49(56)67)61-51(69)43(18-12-13-21-57-47(65)34-78-63-52(70)40-16-10-11-17-41(40)53(63)71)60-48(66)33-77-29-27-74-24-22-58-46(64)32-76-28-26-75-25-23-59-54(72)62-50(68)38(4)42(55)20-19-36(2)30-37(3)45(73-5)31-39-14-8-7-9-15-39/h7-11,14-17,19-20,30,37-38,42-45H,6,12-13,18,21-29,31-35,55H2,1-5H3,(H2,56,67)(H,57,65)(H,58,64)(H,60,66)(H,61,69)(H2,59,62,68,72)/b20-19+,36-30+/t37-,38-,42-,43-,44-,45-/m0/s1. The van der Waals surface area contributed by atoms with Crippen molar-refractivity contribution in [2.24, 2.45) is 23.3 Å². The van der Waals surface area contributed by atoms with Gasteiger partial charge in [0.15, 0.2) is 6.61 Å². The van der Waals surface area contributed by atoms with Gasteiger partial charge in [0, 0.05) is 50.2 Å². The second kappa shape index (κ2) is 39.2. The van der Waals surface area contributed by atoms with Crippen LogP contribution in [0.3, 0.4) is 0 Å². The molecule has 3 rings (SSSR count). The van der Waals surface area contributed by atoms with Gasteiger partial charge in [-0.25, -0.2) is 4.79 Å². The molecule has 442 valence electrons. The number of imide groups is 2. The molecule has 10 N–H and O–H groups in total. The molecule has 2 aromatic carbocycles. The number of rotatable bonds is 41. The maximum absolute atomic E-state index is 13.3. The van der Waals surface area contributed by atoms with Crippen LogP contribution >= 0.6 is 21.6 Å². The summed E-state index contributed by atoms with van der Waals surface area (Å²) in [4.78, 5) is 118. The number of amides is 10. The average Bonchev–Trinajstić information content (AvgIpc) is 3.73. The van der Waals surface area contributed by atoms with E-state index in [0.29, 0.717) is 17.9 Å². The minimum atomic E-state index is -1.08. The number of benzene rings is 2. The van der Waals surface area contributed by atoms with E-state index in [4.69, 9.17) is 40.0 Å². The lowest BCUT2D eigenvalue weighted by Crippen LogP contribution is -2.54. The molecular formula is C54H79N9O15S2. The quantitative estimate of drug-likeness (QED) is 0.0203. The van der Waals surface area contributed by atoms with Gasteiger partial charge in [0.2, 0.25) is 35.4 Å². The minimum absolute atomic E-state index is 0.0129. The van der Waals surface area contributed by atoms with Crippen LogP contribution in [-0.2, 0) is 63.7 Å². The second-order valence-electron chi connectivity index (χ2n) is 18.2. The number of urea groups is 1. The summed E-state index contributed by atoms with van der Waals surface area (Å²) in [7, 11) is 4.56. The number of methoxy groups -OCH3 is 1. The fourth-order valence-electron chi connectivity index (χ4n) is 7.43. The molecule has 24 nitrogen and oxygen atoms in total. The van der Waals surface area contributed by atoms with Crippen LogP contribution in [0.25, 0.3) is 0 Å². The number of nitrogens with zero attached hydrogens (tertiary/aromatic N) is 1. The van der Waals surface area contributed by atoms with Gasteiger partial charge in [-0.1, -0.05) is 109 Å². The zero-order valence-corrected chi connectivity index (χ0v) is 47.8. The Morgan fingerprint density at radius 3 is 1.90 bits per heavy atom. The third kappa shape index (κ3) is 26.8. The van der Waals surface area contributed by atoms with Crippen LogP contribution in [0.5, 0.6) is 0 Å². The summed E-state index contributed by atoms with van der Waals surface area (Å²) in [5.41, 5.74) is 14.3. The summed E-state index contributed by atoms with van der Waals surface area (Å²) < 4.78 is 27.4. The van der Waals surface area contributed by atoms with Gasteiger partial charge >= 0.3 is 6.03 Å². The van der Waals surface area contributed by atoms with Gasteiger partial charge < -0.3 is 61.7 Å². The van der Waals surface area contributed by atoms with Crippen LogP contribution in [0.2, 0.25) is 0 Å².